The second-order valence-corrected chi connectivity index (χ2v) is 2.71. The minimum atomic E-state index is 0. The Bertz CT molecular complexity index is 292. The van der Waals surface area contributed by atoms with E-state index in [9.17, 15) is 0 Å². The maximum Gasteiger partial charge on any atom is 1.00 e. The molecule has 0 bridgehead atoms. The Morgan fingerprint density at radius 2 is 2.10 bits per heavy atom. The van der Waals surface area contributed by atoms with E-state index >= 15 is 0 Å². The number of hydrogen-bond donors (Lipinski definition) is 0. The van der Waals surface area contributed by atoms with Gasteiger partial charge in [0.2, 0.25) is 0 Å². The molecule has 2 rings (SSSR count). The fourth-order valence-electron chi connectivity index (χ4n) is 0.803. The van der Waals surface area contributed by atoms with Crippen molar-refractivity contribution in [2.24, 2.45) is 0 Å². The molecule has 1 heterocycles. The SMILES string of the molecule is [H-].[Na+].c1ccc2scnc2c1. The van der Waals surface area contributed by atoms with Crippen LogP contribution in [-0.2, 0) is 0 Å². The molecule has 3 heteroatoms. The molecule has 0 fully saturated rings. The number of thiazole rings is 1. The van der Waals surface area contributed by atoms with Gasteiger partial charge in [-0.2, -0.15) is 0 Å². The first-order valence-electron chi connectivity index (χ1n) is 2.75. The molecule has 2 aromatic rings. The summed E-state index contributed by atoms with van der Waals surface area (Å²) in [5.74, 6) is 0. The maximum atomic E-state index is 4.14. The molecule has 0 N–H and O–H groups in total. The molecule has 0 amide bonds. The van der Waals surface area contributed by atoms with Crippen molar-refractivity contribution in [2.45, 2.75) is 0 Å². The molecule has 46 valence electrons. The molecule has 0 unspecified atom stereocenters. The second-order valence-electron chi connectivity index (χ2n) is 1.82. The van der Waals surface area contributed by atoms with Gasteiger partial charge in [0.15, 0.2) is 0 Å². The van der Waals surface area contributed by atoms with Crippen molar-refractivity contribution in [3.8, 4) is 0 Å². The number of rotatable bonds is 0. The van der Waals surface area contributed by atoms with Crippen molar-refractivity contribution in [1.82, 2.24) is 4.98 Å². The summed E-state index contributed by atoms with van der Waals surface area (Å²) in [7, 11) is 0. The van der Waals surface area contributed by atoms with E-state index in [4.69, 9.17) is 0 Å². The monoisotopic (exact) mass is 159 g/mol. The third-order valence-corrected chi connectivity index (χ3v) is 2.05. The minimum absolute atomic E-state index is 0. The molecular formula is C7H6NNaS. The zero-order chi connectivity index (χ0) is 6.10. The van der Waals surface area contributed by atoms with Gasteiger partial charge in [-0.05, 0) is 12.1 Å². The van der Waals surface area contributed by atoms with Crippen molar-refractivity contribution < 1.29 is 31.0 Å². The zero-order valence-electron chi connectivity index (χ0n) is 6.74. The minimum Gasteiger partial charge on any atom is -1.00 e. The Hall–Kier alpha value is 0.110. The second kappa shape index (κ2) is 3.49. The van der Waals surface area contributed by atoms with Crippen LogP contribution in [0, 0.1) is 0 Å². The Morgan fingerprint density at radius 1 is 1.30 bits per heavy atom. The molecule has 1 aromatic heterocycles. The standard InChI is InChI=1S/C7H5NS.Na.H/c1-2-4-7-6(3-1)8-5-9-7;;/h1-5H;;/q;+1;-1. The summed E-state index contributed by atoms with van der Waals surface area (Å²) in [6.07, 6.45) is 0. The summed E-state index contributed by atoms with van der Waals surface area (Å²) in [5, 5.41) is 0. The molecule has 0 atom stereocenters. The largest absolute Gasteiger partial charge is 1.00 e. The van der Waals surface area contributed by atoms with Gasteiger partial charge in [0, 0.05) is 0 Å². The number of aromatic nitrogens is 1. The van der Waals surface area contributed by atoms with E-state index in [2.05, 4.69) is 11.1 Å². The first-order valence-corrected chi connectivity index (χ1v) is 3.63. The average Bonchev–Trinajstić information content (AvgIpc) is 2.33. The first-order chi connectivity index (χ1) is 4.47. The van der Waals surface area contributed by atoms with Gasteiger partial charge in [0.1, 0.15) is 0 Å². The van der Waals surface area contributed by atoms with Crippen LogP contribution in [0.25, 0.3) is 10.2 Å². The van der Waals surface area contributed by atoms with Crippen LogP contribution < -0.4 is 29.6 Å². The van der Waals surface area contributed by atoms with E-state index < -0.39 is 0 Å². The van der Waals surface area contributed by atoms with Crippen molar-refractivity contribution in [3.63, 3.8) is 0 Å². The van der Waals surface area contributed by atoms with Gasteiger partial charge in [-0.15, -0.1) is 11.3 Å². The van der Waals surface area contributed by atoms with Gasteiger partial charge in [-0.1, -0.05) is 12.1 Å². The normalized spacial score (nSPS) is 9.20. The Morgan fingerprint density at radius 3 is 2.90 bits per heavy atom. The van der Waals surface area contributed by atoms with Gasteiger partial charge in [-0.25, -0.2) is 4.98 Å². The van der Waals surface area contributed by atoms with Crippen LogP contribution in [0.4, 0.5) is 0 Å². The quantitative estimate of drug-likeness (QED) is 0.468. The van der Waals surface area contributed by atoms with E-state index in [1.807, 2.05) is 23.7 Å². The molecule has 10 heavy (non-hydrogen) atoms. The summed E-state index contributed by atoms with van der Waals surface area (Å²) in [4.78, 5) is 4.14. The molecule has 0 spiro atoms. The number of benzene rings is 1. The van der Waals surface area contributed by atoms with Gasteiger partial charge in [-0.3, -0.25) is 0 Å². The topological polar surface area (TPSA) is 12.9 Å². The molecule has 0 aliphatic rings. The van der Waals surface area contributed by atoms with Gasteiger partial charge in [0.25, 0.3) is 0 Å². The van der Waals surface area contributed by atoms with Gasteiger partial charge >= 0.3 is 29.6 Å². The fourth-order valence-corrected chi connectivity index (χ4v) is 1.48. The Labute approximate surface area is 86.9 Å². The van der Waals surface area contributed by atoms with Crippen molar-refractivity contribution >= 4 is 21.6 Å². The predicted molar refractivity (Wildman–Crippen MR) is 40.7 cm³/mol. The van der Waals surface area contributed by atoms with Crippen LogP contribution in [-0.4, -0.2) is 4.98 Å². The predicted octanol–water partition coefficient (Wildman–Crippen LogP) is -0.587. The molecule has 0 aliphatic heterocycles. The van der Waals surface area contributed by atoms with E-state index in [1.54, 1.807) is 11.3 Å². The van der Waals surface area contributed by atoms with Crippen LogP contribution in [0.3, 0.4) is 0 Å². The molecule has 0 radical (unpaired) electrons. The van der Waals surface area contributed by atoms with Crippen LogP contribution in [0.2, 0.25) is 0 Å². The molecule has 0 saturated heterocycles. The summed E-state index contributed by atoms with van der Waals surface area (Å²) in [6.45, 7) is 0. The Balaban J connectivity index is 0.000000500. The molecule has 1 aromatic carbocycles. The molecule has 0 saturated carbocycles. The average molecular weight is 159 g/mol. The molecule has 1 nitrogen and oxygen atoms in total. The number of nitrogens with zero attached hydrogens (tertiary/aromatic N) is 1. The summed E-state index contributed by atoms with van der Waals surface area (Å²) >= 11 is 1.68. The van der Waals surface area contributed by atoms with E-state index in [0.717, 1.165) is 5.52 Å². The summed E-state index contributed by atoms with van der Waals surface area (Å²) in [6, 6.07) is 8.13. The van der Waals surface area contributed by atoms with Crippen LogP contribution in [0.1, 0.15) is 1.43 Å². The van der Waals surface area contributed by atoms with Crippen LogP contribution in [0.15, 0.2) is 29.8 Å². The Kier molecular flexibility index (Phi) is 2.86. The first kappa shape index (κ1) is 8.21. The van der Waals surface area contributed by atoms with Crippen LogP contribution in [0.5, 0.6) is 0 Å². The summed E-state index contributed by atoms with van der Waals surface area (Å²) < 4.78 is 1.26. The fraction of sp³-hybridized carbons (Fsp3) is 0. The van der Waals surface area contributed by atoms with E-state index in [0.29, 0.717) is 0 Å². The third kappa shape index (κ3) is 1.40. The molecule has 0 aliphatic carbocycles. The van der Waals surface area contributed by atoms with E-state index in [1.165, 1.54) is 4.70 Å². The van der Waals surface area contributed by atoms with E-state index in [-0.39, 0.29) is 31.0 Å². The number of fused-ring (bicyclic) bond motifs is 1. The smallest absolute Gasteiger partial charge is 1.00 e. The summed E-state index contributed by atoms with van der Waals surface area (Å²) in [5.41, 5.74) is 2.97. The van der Waals surface area contributed by atoms with Gasteiger partial charge < -0.3 is 1.43 Å². The van der Waals surface area contributed by atoms with Gasteiger partial charge in [0.05, 0.1) is 15.7 Å². The maximum absolute atomic E-state index is 4.14. The third-order valence-electron chi connectivity index (χ3n) is 1.24. The van der Waals surface area contributed by atoms with Crippen molar-refractivity contribution in [3.05, 3.63) is 29.8 Å². The van der Waals surface area contributed by atoms with Crippen molar-refractivity contribution in [2.75, 3.05) is 0 Å². The molecular weight excluding hydrogens is 153 g/mol. The van der Waals surface area contributed by atoms with Crippen LogP contribution >= 0.6 is 11.3 Å². The number of para-hydroxylation sites is 1. The number of hydrogen-bond acceptors (Lipinski definition) is 2. The van der Waals surface area contributed by atoms with Crippen molar-refractivity contribution in [1.29, 1.82) is 0 Å². The zero-order valence-corrected chi connectivity index (χ0v) is 8.56.